The quantitative estimate of drug-likeness (QED) is 0.571. The van der Waals surface area contributed by atoms with Gasteiger partial charge in [-0.3, -0.25) is 4.79 Å². The Balaban J connectivity index is 3.15. The molecule has 4 nitrogen and oxygen atoms in total. The number of nitrogens with one attached hydrogen (secondary N) is 1. The minimum atomic E-state index is 0.00333. The van der Waals surface area contributed by atoms with Gasteiger partial charge in [0.1, 0.15) is 0 Å². The van der Waals surface area contributed by atoms with E-state index in [1.165, 1.54) is 0 Å². The molecule has 0 rings (SSSR count). The van der Waals surface area contributed by atoms with Crippen LogP contribution < -0.4 is 5.32 Å². The fraction of sp³-hybridized carbons (Fsp3) is 0.900. The summed E-state index contributed by atoms with van der Waals surface area (Å²) >= 11 is 0. The van der Waals surface area contributed by atoms with Gasteiger partial charge in [-0.1, -0.05) is 0 Å². The van der Waals surface area contributed by atoms with E-state index < -0.39 is 0 Å². The van der Waals surface area contributed by atoms with E-state index >= 15 is 0 Å². The van der Waals surface area contributed by atoms with Gasteiger partial charge in [-0.15, -0.1) is 0 Å². The molecule has 0 aromatic heterocycles. The molecular formula is C10H21NO3. The third-order valence-electron chi connectivity index (χ3n) is 1.66. The molecule has 4 heteroatoms. The topological polar surface area (TPSA) is 58.6 Å². The van der Waals surface area contributed by atoms with Crippen molar-refractivity contribution in [2.24, 2.45) is 0 Å². The van der Waals surface area contributed by atoms with Gasteiger partial charge in [0.15, 0.2) is 0 Å². The molecule has 0 aliphatic heterocycles. The molecule has 0 fully saturated rings. The number of ether oxygens (including phenoxy) is 1. The SMILES string of the molecule is CC(C)OCCCNC(=O)CCCO. The Morgan fingerprint density at radius 3 is 2.71 bits per heavy atom. The average Bonchev–Trinajstić information content (AvgIpc) is 2.13. The van der Waals surface area contributed by atoms with Crippen LogP contribution in [0.1, 0.15) is 33.1 Å². The summed E-state index contributed by atoms with van der Waals surface area (Å²) in [5.41, 5.74) is 0. The summed E-state index contributed by atoms with van der Waals surface area (Å²) in [4.78, 5) is 11.0. The van der Waals surface area contributed by atoms with Crippen molar-refractivity contribution in [3.05, 3.63) is 0 Å². The number of aliphatic hydroxyl groups excluding tert-OH is 1. The second kappa shape index (κ2) is 8.97. The van der Waals surface area contributed by atoms with Crippen molar-refractivity contribution in [3.8, 4) is 0 Å². The molecule has 0 heterocycles. The number of amides is 1. The van der Waals surface area contributed by atoms with Crippen molar-refractivity contribution in [3.63, 3.8) is 0 Å². The van der Waals surface area contributed by atoms with Crippen LogP contribution in [0.15, 0.2) is 0 Å². The van der Waals surface area contributed by atoms with Crippen molar-refractivity contribution in [2.45, 2.75) is 39.2 Å². The Bertz CT molecular complexity index is 148. The van der Waals surface area contributed by atoms with Crippen LogP contribution >= 0.6 is 0 Å². The van der Waals surface area contributed by atoms with E-state index in [4.69, 9.17) is 9.84 Å². The summed E-state index contributed by atoms with van der Waals surface area (Å²) < 4.78 is 5.31. The van der Waals surface area contributed by atoms with E-state index in [1.54, 1.807) is 0 Å². The Labute approximate surface area is 85.6 Å². The lowest BCUT2D eigenvalue weighted by Gasteiger charge is -2.07. The molecule has 0 bridgehead atoms. The first-order chi connectivity index (χ1) is 6.66. The van der Waals surface area contributed by atoms with Crippen molar-refractivity contribution in [2.75, 3.05) is 19.8 Å². The van der Waals surface area contributed by atoms with Crippen LogP contribution in [-0.2, 0) is 9.53 Å². The van der Waals surface area contributed by atoms with Gasteiger partial charge in [-0.05, 0) is 26.7 Å². The minimum absolute atomic E-state index is 0.00333. The minimum Gasteiger partial charge on any atom is -0.396 e. The molecule has 0 aliphatic rings. The van der Waals surface area contributed by atoms with E-state index in [0.29, 0.717) is 26.0 Å². The maximum atomic E-state index is 11.0. The van der Waals surface area contributed by atoms with Gasteiger partial charge in [0, 0.05) is 26.2 Å². The van der Waals surface area contributed by atoms with Crippen molar-refractivity contribution in [1.82, 2.24) is 5.32 Å². The van der Waals surface area contributed by atoms with Crippen LogP contribution in [-0.4, -0.2) is 36.9 Å². The molecule has 1 amide bonds. The zero-order valence-electron chi connectivity index (χ0n) is 9.08. The number of rotatable bonds is 8. The van der Waals surface area contributed by atoms with Crippen LogP contribution in [0.4, 0.5) is 0 Å². The van der Waals surface area contributed by atoms with Crippen molar-refractivity contribution in [1.29, 1.82) is 0 Å². The van der Waals surface area contributed by atoms with Gasteiger partial charge in [0.2, 0.25) is 5.91 Å². The molecule has 0 aromatic carbocycles. The molecule has 0 aliphatic carbocycles. The smallest absolute Gasteiger partial charge is 0.220 e. The maximum absolute atomic E-state index is 11.0. The van der Waals surface area contributed by atoms with Crippen molar-refractivity contribution < 1.29 is 14.6 Å². The van der Waals surface area contributed by atoms with Gasteiger partial charge in [0.25, 0.3) is 0 Å². The van der Waals surface area contributed by atoms with Crippen molar-refractivity contribution >= 4 is 5.91 Å². The molecular weight excluding hydrogens is 182 g/mol. The molecule has 0 saturated heterocycles. The highest BCUT2D eigenvalue weighted by molar-refractivity contribution is 5.75. The van der Waals surface area contributed by atoms with Crippen LogP contribution in [0.3, 0.4) is 0 Å². The Kier molecular flexibility index (Phi) is 8.57. The average molecular weight is 203 g/mol. The first kappa shape index (κ1) is 13.4. The van der Waals surface area contributed by atoms with Gasteiger partial charge in [-0.25, -0.2) is 0 Å². The standard InChI is InChI=1S/C10H21NO3/c1-9(2)14-8-4-6-11-10(13)5-3-7-12/h9,12H,3-8H2,1-2H3,(H,11,13). The predicted octanol–water partition coefficient (Wildman–Crippen LogP) is 0.690. The van der Waals surface area contributed by atoms with Crippen LogP contribution in [0.25, 0.3) is 0 Å². The molecule has 14 heavy (non-hydrogen) atoms. The summed E-state index contributed by atoms with van der Waals surface area (Å²) in [6.07, 6.45) is 2.03. The Hall–Kier alpha value is -0.610. The van der Waals surface area contributed by atoms with E-state index in [-0.39, 0.29) is 18.6 Å². The fourth-order valence-corrected chi connectivity index (χ4v) is 0.947. The summed E-state index contributed by atoms with van der Waals surface area (Å²) in [5.74, 6) is 0.00333. The summed E-state index contributed by atoms with van der Waals surface area (Å²) in [7, 11) is 0. The lowest BCUT2D eigenvalue weighted by atomic mass is 10.3. The second-order valence-electron chi connectivity index (χ2n) is 3.45. The largest absolute Gasteiger partial charge is 0.396 e. The first-order valence-corrected chi connectivity index (χ1v) is 5.16. The highest BCUT2D eigenvalue weighted by atomic mass is 16.5. The van der Waals surface area contributed by atoms with Gasteiger partial charge < -0.3 is 15.2 Å². The summed E-state index contributed by atoms with van der Waals surface area (Å²) in [6.45, 7) is 5.37. The van der Waals surface area contributed by atoms with Gasteiger partial charge in [-0.2, -0.15) is 0 Å². The lowest BCUT2D eigenvalue weighted by Crippen LogP contribution is -2.25. The summed E-state index contributed by atoms with van der Waals surface area (Å²) in [6, 6.07) is 0. The number of hydrogen-bond donors (Lipinski definition) is 2. The first-order valence-electron chi connectivity index (χ1n) is 5.16. The number of hydrogen-bond acceptors (Lipinski definition) is 3. The summed E-state index contributed by atoms with van der Waals surface area (Å²) in [5, 5.41) is 11.2. The molecule has 0 spiro atoms. The third-order valence-corrected chi connectivity index (χ3v) is 1.66. The molecule has 0 radical (unpaired) electrons. The zero-order chi connectivity index (χ0) is 10.8. The number of carbonyl (C=O) groups excluding carboxylic acids is 1. The second-order valence-corrected chi connectivity index (χ2v) is 3.45. The Morgan fingerprint density at radius 2 is 2.14 bits per heavy atom. The Morgan fingerprint density at radius 1 is 1.43 bits per heavy atom. The molecule has 0 saturated carbocycles. The zero-order valence-corrected chi connectivity index (χ0v) is 9.08. The van der Waals surface area contributed by atoms with Crippen LogP contribution in [0, 0.1) is 0 Å². The van der Waals surface area contributed by atoms with Crippen LogP contribution in [0.2, 0.25) is 0 Å². The molecule has 84 valence electrons. The monoisotopic (exact) mass is 203 g/mol. The van der Waals surface area contributed by atoms with E-state index in [2.05, 4.69) is 5.32 Å². The number of aliphatic hydroxyl groups is 1. The molecule has 0 atom stereocenters. The molecule has 0 aromatic rings. The fourth-order valence-electron chi connectivity index (χ4n) is 0.947. The maximum Gasteiger partial charge on any atom is 0.220 e. The van der Waals surface area contributed by atoms with E-state index in [1.807, 2.05) is 13.8 Å². The third kappa shape index (κ3) is 9.48. The normalized spacial score (nSPS) is 10.6. The highest BCUT2D eigenvalue weighted by Crippen LogP contribution is 1.90. The van der Waals surface area contributed by atoms with E-state index in [9.17, 15) is 4.79 Å². The number of carbonyl (C=O) groups is 1. The predicted molar refractivity (Wildman–Crippen MR) is 55.0 cm³/mol. The molecule has 0 unspecified atom stereocenters. The van der Waals surface area contributed by atoms with E-state index in [0.717, 1.165) is 6.42 Å². The molecule has 2 N–H and O–H groups in total. The van der Waals surface area contributed by atoms with Gasteiger partial charge >= 0.3 is 0 Å². The highest BCUT2D eigenvalue weighted by Gasteiger charge is 1.99. The lowest BCUT2D eigenvalue weighted by molar-refractivity contribution is -0.121. The van der Waals surface area contributed by atoms with Crippen LogP contribution in [0.5, 0.6) is 0 Å². The van der Waals surface area contributed by atoms with Gasteiger partial charge in [0.05, 0.1) is 6.10 Å².